The molecule has 100 valence electrons. The molecule has 1 aromatic heterocycles. The summed E-state index contributed by atoms with van der Waals surface area (Å²) in [6, 6.07) is -0.469. The molecule has 3 rings (SSSR count). The Hall–Kier alpha value is -0.480. The maximum absolute atomic E-state index is 12.1. The van der Waals surface area contributed by atoms with Gasteiger partial charge in [0, 0.05) is 22.3 Å². The summed E-state index contributed by atoms with van der Waals surface area (Å²) in [5, 5.41) is 4.07. The molecule has 7 nitrogen and oxygen atoms in total. The summed E-state index contributed by atoms with van der Waals surface area (Å²) in [6.07, 6.45) is 0. The Morgan fingerprint density at radius 3 is 2.39 bits per heavy atom. The van der Waals surface area contributed by atoms with Crippen LogP contribution in [0.4, 0.5) is 0 Å². The lowest BCUT2D eigenvalue weighted by atomic mass is 10.3. The smallest absolute Gasteiger partial charge is 0.264 e. The summed E-state index contributed by atoms with van der Waals surface area (Å²) in [5.41, 5.74) is -0.330. The van der Waals surface area contributed by atoms with Crippen molar-refractivity contribution in [2.45, 2.75) is 12.1 Å². The molecule has 3 heterocycles. The molecule has 0 atom stereocenters. The number of halogens is 1. The summed E-state index contributed by atoms with van der Waals surface area (Å²) < 4.78 is 36.3. The van der Waals surface area contributed by atoms with Crippen LogP contribution in [0.5, 0.6) is 0 Å². The molecule has 0 bridgehead atoms. The highest BCUT2D eigenvalue weighted by Crippen LogP contribution is 2.26. The summed E-state index contributed by atoms with van der Waals surface area (Å²) in [7, 11) is -3.85. The minimum absolute atomic E-state index is 0.0200. The molecule has 2 fully saturated rings. The molecule has 0 spiro atoms. The molecule has 0 amide bonds. The largest absolute Gasteiger partial charge is 0.347 e. The number of hydrogen-bond donors (Lipinski definition) is 0. The second-order valence-corrected chi connectivity index (χ2v) is 8.93. The monoisotopic (exact) mass is 355 g/mol. The Morgan fingerprint density at radius 1 is 1.28 bits per heavy atom. The molecule has 18 heavy (non-hydrogen) atoms. The van der Waals surface area contributed by atoms with E-state index in [-0.39, 0.29) is 29.3 Å². The van der Waals surface area contributed by atoms with E-state index >= 15 is 0 Å². The normalized spacial score (nSPS) is 30.7. The molecule has 1 aromatic rings. The zero-order valence-electron chi connectivity index (χ0n) is 9.15. The summed E-state index contributed by atoms with van der Waals surface area (Å²) in [5.74, 6) is 0.834. The van der Waals surface area contributed by atoms with E-state index in [0.717, 1.165) is 0 Å². The molecule has 0 radical (unpaired) electrons. The van der Waals surface area contributed by atoms with Gasteiger partial charge in [0.05, 0.1) is 23.6 Å². The van der Waals surface area contributed by atoms with Crippen LogP contribution in [0.3, 0.4) is 0 Å². The van der Waals surface area contributed by atoms with E-state index in [9.17, 15) is 17.4 Å². The molecular formula is C8H10BrN3O4S2. The van der Waals surface area contributed by atoms with Gasteiger partial charge in [-0.2, -0.15) is 0 Å². The van der Waals surface area contributed by atoms with Crippen molar-refractivity contribution in [2.75, 3.05) is 23.0 Å². The van der Waals surface area contributed by atoms with Crippen LogP contribution in [0, 0.1) is 0 Å². The van der Waals surface area contributed by atoms with E-state index in [0.29, 0.717) is 16.2 Å². The molecule has 2 aliphatic heterocycles. The van der Waals surface area contributed by atoms with E-state index in [2.05, 4.69) is 21.0 Å². The van der Waals surface area contributed by atoms with Gasteiger partial charge >= 0.3 is 5.69 Å². The Morgan fingerprint density at radius 2 is 1.89 bits per heavy atom. The molecule has 0 aromatic carbocycles. The van der Waals surface area contributed by atoms with E-state index in [1.165, 1.54) is 9.25 Å². The average Bonchev–Trinajstić information content (AvgIpc) is 2.46. The molecule has 2 aliphatic rings. The second-order valence-electron chi connectivity index (χ2n) is 4.52. The maximum atomic E-state index is 12.1. The van der Waals surface area contributed by atoms with Crippen LogP contribution >= 0.6 is 15.9 Å². The molecular weight excluding hydrogens is 346 g/mol. The van der Waals surface area contributed by atoms with Gasteiger partial charge in [-0.05, 0) is 15.9 Å². The fourth-order valence-electron chi connectivity index (χ4n) is 2.12. The van der Waals surface area contributed by atoms with Gasteiger partial charge in [-0.3, -0.25) is 8.78 Å². The molecule has 2 saturated heterocycles. The molecule has 0 unspecified atom stereocenters. The lowest BCUT2D eigenvalue weighted by molar-refractivity contribution is 0.461. The van der Waals surface area contributed by atoms with Gasteiger partial charge in [0.25, 0.3) is 0 Å². The molecule has 0 aliphatic carbocycles. The quantitative estimate of drug-likeness (QED) is 0.684. The molecule has 0 saturated carbocycles. The summed E-state index contributed by atoms with van der Waals surface area (Å²) in [6.45, 7) is 0. The summed E-state index contributed by atoms with van der Waals surface area (Å²) >= 11 is 3.18. The van der Waals surface area contributed by atoms with Gasteiger partial charge < -0.3 is 0 Å². The fraction of sp³-hybridized carbons (Fsp3) is 0.750. The van der Waals surface area contributed by atoms with Crippen LogP contribution < -0.4 is 5.69 Å². The van der Waals surface area contributed by atoms with Crippen molar-refractivity contribution < 1.29 is 12.6 Å². The number of aromatic nitrogens is 3. The van der Waals surface area contributed by atoms with Crippen molar-refractivity contribution in [3.05, 3.63) is 15.2 Å². The predicted octanol–water partition coefficient (Wildman–Crippen LogP) is -0.920. The first-order valence-electron chi connectivity index (χ1n) is 5.29. The summed E-state index contributed by atoms with van der Waals surface area (Å²) in [4.78, 5) is 12.1. The lowest BCUT2D eigenvalue weighted by Crippen LogP contribution is -2.45. The SMILES string of the molecule is O=c1n(C2CS(=O)C2)nc(Br)n1C1CS(=O)(=O)C1. The van der Waals surface area contributed by atoms with Crippen LogP contribution in [0.15, 0.2) is 9.53 Å². The van der Waals surface area contributed by atoms with Gasteiger partial charge in [0.1, 0.15) is 0 Å². The Balaban J connectivity index is 1.92. The van der Waals surface area contributed by atoms with Gasteiger partial charge in [0.2, 0.25) is 4.73 Å². The third-order valence-corrected chi connectivity index (χ3v) is 6.99. The first kappa shape index (κ1) is 12.5. The number of hydrogen-bond acceptors (Lipinski definition) is 5. The Kier molecular flexibility index (Phi) is 2.79. The van der Waals surface area contributed by atoms with Crippen molar-refractivity contribution in [1.82, 2.24) is 14.3 Å². The highest BCUT2D eigenvalue weighted by Gasteiger charge is 2.39. The lowest BCUT2D eigenvalue weighted by Gasteiger charge is -2.26. The fourth-order valence-corrected chi connectivity index (χ4v) is 5.15. The maximum Gasteiger partial charge on any atom is 0.347 e. The van der Waals surface area contributed by atoms with Crippen molar-refractivity contribution in [3.63, 3.8) is 0 Å². The van der Waals surface area contributed by atoms with Crippen LogP contribution in [0.2, 0.25) is 0 Å². The number of rotatable bonds is 2. The van der Waals surface area contributed by atoms with Gasteiger partial charge in [-0.25, -0.2) is 17.9 Å². The topological polar surface area (TPSA) is 91.0 Å². The van der Waals surface area contributed by atoms with Crippen LogP contribution in [0.25, 0.3) is 0 Å². The zero-order valence-corrected chi connectivity index (χ0v) is 12.4. The standard InChI is InChI=1S/C8H10BrN3O4S2/c9-7-10-12(5-1-17(14)2-5)8(13)11(7)6-3-18(15,16)4-6/h5-6H,1-4H2. The van der Waals surface area contributed by atoms with E-state index in [4.69, 9.17) is 0 Å². The van der Waals surface area contributed by atoms with Crippen molar-refractivity contribution in [3.8, 4) is 0 Å². The van der Waals surface area contributed by atoms with Crippen LogP contribution in [-0.2, 0) is 20.6 Å². The minimum Gasteiger partial charge on any atom is -0.264 e. The third kappa shape index (κ3) is 1.90. The van der Waals surface area contributed by atoms with Crippen LogP contribution in [-0.4, -0.2) is 50.0 Å². The Bertz CT molecular complexity index is 672. The van der Waals surface area contributed by atoms with Gasteiger partial charge in [-0.15, -0.1) is 5.10 Å². The highest BCUT2D eigenvalue weighted by atomic mass is 79.9. The predicted molar refractivity (Wildman–Crippen MR) is 68.8 cm³/mol. The first-order valence-corrected chi connectivity index (χ1v) is 9.39. The van der Waals surface area contributed by atoms with E-state index in [1.807, 2.05) is 0 Å². The zero-order chi connectivity index (χ0) is 13.1. The highest BCUT2D eigenvalue weighted by molar-refractivity contribution is 9.10. The van der Waals surface area contributed by atoms with Crippen LogP contribution in [0.1, 0.15) is 12.1 Å². The minimum atomic E-state index is -2.99. The van der Waals surface area contributed by atoms with Crippen molar-refractivity contribution in [1.29, 1.82) is 0 Å². The third-order valence-electron chi connectivity index (χ3n) is 3.15. The van der Waals surface area contributed by atoms with Crippen molar-refractivity contribution in [2.24, 2.45) is 0 Å². The second kappa shape index (κ2) is 4.01. The van der Waals surface area contributed by atoms with Crippen molar-refractivity contribution >= 4 is 36.6 Å². The number of sulfone groups is 1. The molecule has 10 heteroatoms. The molecule has 0 N–H and O–H groups in total. The number of nitrogens with zero attached hydrogens (tertiary/aromatic N) is 3. The van der Waals surface area contributed by atoms with Gasteiger partial charge in [0.15, 0.2) is 9.84 Å². The van der Waals surface area contributed by atoms with E-state index < -0.39 is 20.6 Å². The van der Waals surface area contributed by atoms with Gasteiger partial charge in [-0.1, -0.05) is 0 Å². The average molecular weight is 356 g/mol. The van der Waals surface area contributed by atoms with E-state index in [1.54, 1.807) is 0 Å². The first-order chi connectivity index (χ1) is 8.37. The Labute approximate surface area is 114 Å².